The second kappa shape index (κ2) is 7.67. The van der Waals surface area contributed by atoms with E-state index in [1.165, 1.54) is 25.7 Å². The standard InChI is InChI=1S/C15H18BrCl2NO/c16-12-4-1-10(2-5-12)9-19-15(20)8-11-3-6-13(17)14(18)7-11/h3,6-7,10,12H,1-2,4-5,8-9H2,(H,19,20). The molecule has 0 unspecified atom stereocenters. The van der Waals surface area contributed by atoms with Gasteiger partial charge in [-0.2, -0.15) is 0 Å². The number of carbonyl (C=O) groups is 1. The molecule has 1 aliphatic carbocycles. The Kier molecular flexibility index (Phi) is 6.19. The number of hydrogen-bond acceptors (Lipinski definition) is 1. The molecule has 5 heteroatoms. The smallest absolute Gasteiger partial charge is 0.224 e. The Morgan fingerprint density at radius 2 is 1.90 bits per heavy atom. The van der Waals surface area contributed by atoms with E-state index in [0.717, 1.165) is 12.1 Å². The van der Waals surface area contributed by atoms with Gasteiger partial charge in [0, 0.05) is 11.4 Å². The van der Waals surface area contributed by atoms with Crippen molar-refractivity contribution in [3.63, 3.8) is 0 Å². The zero-order chi connectivity index (χ0) is 14.5. The van der Waals surface area contributed by atoms with Crippen molar-refractivity contribution in [2.75, 3.05) is 6.54 Å². The largest absolute Gasteiger partial charge is 0.356 e. The van der Waals surface area contributed by atoms with E-state index in [0.29, 0.717) is 27.2 Å². The van der Waals surface area contributed by atoms with Crippen molar-refractivity contribution in [1.29, 1.82) is 0 Å². The van der Waals surface area contributed by atoms with Gasteiger partial charge in [-0.1, -0.05) is 45.2 Å². The maximum Gasteiger partial charge on any atom is 0.224 e. The van der Waals surface area contributed by atoms with Crippen LogP contribution in [0.25, 0.3) is 0 Å². The van der Waals surface area contributed by atoms with Gasteiger partial charge in [0.05, 0.1) is 16.5 Å². The first kappa shape index (κ1) is 16.1. The van der Waals surface area contributed by atoms with Crippen LogP contribution in [-0.4, -0.2) is 17.3 Å². The summed E-state index contributed by atoms with van der Waals surface area (Å²) >= 11 is 15.4. The van der Waals surface area contributed by atoms with Gasteiger partial charge in [-0.15, -0.1) is 0 Å². The molecule has 110 valence electrons. The Hall–Kier alpha value is -0.250. The lowest BCUT2D eigenvalue weighted by atomic mass is 9.89. The Balaban J connectivity index is 1.76. The summed E-state index contributed by atoms with van der Waals surface area (Å²) < 4.78 is 0. The maximum absolute atomic E-state index is 11.9. The van der Waals surface area contributed by atoms with Crippen molar-refractivity contribution >= 4 is 45.0 Å². The van der Waals surface area contributed by atoms with Crippen molar-refractivity contribution in [1.82, 2.24) is 5.32 Å². The molecule has 0 radical (unpaired) electrons. The Labute approximate surface area is 138 Å². The number of nitrogens with one attached hydrogen (secondary N) is 1. The minimum Gasteiger partial charge on any atom is -0.356 e. The van der Waals surface area contributed by atoms with Crippen molar-refractivity contribution in [3.8, 4) is 0 Å². The van der Waals surface area contributed by atoms with Crippen molar-refractivity contribution in [2.24, 2.45) is 5.92 Å². The molecular formula is C15H18BrCl2NO. The molecule has 1 saturated carbocycles. The van der Waals surface area contributed by atoms with Crippen molar-refractivity contribution < 1.29 is 4.79 Å². The molecule has 1 aromatic rings. The van der Waals surface area contributed by atoms with Crippen LogP contribution in [0, 0.1) is 5.92 Å². The van der Waals surface area contributed by atoms with Crippen LogP contribution in [0.5, 0.6) is 0 Å². The molecule has 0 aliphatic heterocycles. The van der Waals surface area contributed by atoms with Crippen LogP contribution in [0.1, 0.15) is 31.2 Å². The number of amides is 1. The average molecular weight is 379 g/mol. The quantitative estimate of drug-likeness (QED) is 0.761. The molecule has 1 amide bonds. The lowest BCUT2D eigenvalue weighted by Gasteiger charge is -2.25. The van der Waals surface area contributed by atoms with E-state index in [9.17, 15) is 4.79 Å². The fourth-order valence-electron chi connectivity index (χ4n) is 2.48. The monoisotopic (exact) mass is 377 g/mol. The highest BCUT2D eigenvalue weighted by atomic mass is 79.9. The van der Waals surface area contributed by atoms with Gasteiger partial charge in [-0.05, 0) is 49.3 Å². The highest BCUT2D eigenvalue weighted by molar-refractivity contribution is 9.09. The first-order valence-corrected chi connectivity index (χ1v) is 8.56. The summed E-state index contributed by atoms with van der Waals surface area (Å²) in [4.78, 5) is 12.6. The number of benzene rings is 1. The van der Waals surface area contributed by atoms with Crippen LogP contribution in [-0.2, 0) is 11.2 Å². The van der Waals surface area contributed by atoms with E-state index in [4.69, 9.17) is 23.2 Å². The molecule has 0 aromatic heterocycles. The summed E-state index contributed by atoms with van der Waals surface area (Å²) in [5.41, 5.74) is 0.890. The van der Waals surface area contributed by atoms with E-state index in [2.05, 4.69) is 21.2 Å². The molecule has 0 heterocycles. The average Bonchev–Trinajstić information content (AvgIpc) is 2.42. The molecule has 1 N–H and O–H groups in total. The summed E-state index contributed by atoms with van der Waals surface area (Å²) in [5.74, 6) is 0.658. The minimum atomic E-state index is 0.0457. The predicted octanol–water partition coefficient (Wildman–Crippen LogP) is 4.61. The van der Waals surface area contributed by atoms with E-state index < -0.39 is 0 Å². The number of hydrogen-bond donors (Lipinski definition) is 1. The fraction of sp³-hybridized carbons (Fsp3) is 0.533. The second-order valence-corrected chi connectivity index (χ2v) is 7.46. The van der Waals surface area contributed by atoms with Crippen LogP contribution < -0.4 is 5.32 Å². The Morgan fingerprint density at radius 3 is 2.55 bits per heavy atom. The van der Waals surface area contributed by atoms with Gasteiger partial charge in [0.25, 0.3) is 0 Å². The fourth-order valence-corrected chi connectivity index (χ4v) is 3.33. The van der Waals surface area contributed by atoms with Gasteiger partial charge in [0.2, 0.25) is 5.91 Å². The van der Waals surface area contributed by atoms with Gasteiger partial charge >= 0.3 is 0 Å². The Bertz CT molecular complexity index is 473. The number of carbonyl (C=O) groups excluding carboxylic acids is 1. The van der Waals surface area contributed by atoms with Gasteiger partial charge in [-0.3, -0.25) is 4.79 Å². The first-order valence-electron chi connectivity index (χ1n) is 6.89. The van der Waals surface area contributed by atoms with Gasteiger partial charge in [0.1, 0.15) is 0 Å². The van der Waals surface area contributed by atoms with Crippen LogP contribution in [0.2, 0.25) is 10.0 Å². The normalized spacial score (nSPS) is 22.6. The second-order valence-electron chi connectivity index (χ2n) is 5.35. The summed E-state index contributed by atoms with van der Waals surface area (Å²) in [6.45, 7) is 0.778. The molecule has 0 spiro atoms. The maximum atomic E-state index is 11.9. The van der Waals surface area contributed by atoms with E-state index in [1.807, 2.05) is 6.07 Å². The lowest BCUT2D eigenvalue weighted by Crippen LogP contribution is -2.32. The molecule has 1 aromatic carbocycles. The summed E-state index contributed by atoms with van der Waals surface area (Å²) in [6.07, 6.45) is 5.12. The van der Waals surface area contributed by atoms with E-state index in [-0.39, 0.29) is 5.91 Å². The third-order valence-corrected chi connectivity index (χ3v) is 5.37. The Morgan fingerprint density at radius 1 is 1.20 bits per heavy atom. The SMILES string of the molecule is O=C(Cc1ccc(Cl)c(Cl)c1)NCC1CCC(Br)CC1. The summed E-state index contributed by atoms with van der Waals surface area (Å²) in [6, 6.07) is 5.31. The first-order chi connectivity index (χ1) is 9.54. The van der Waals surface area contributed by atoms with Crippen molar-refractivity contribution in [3.05, 3.63) is 33.8 Å². The highest BCUT2D eigenvalue weighted by Crippen LogP contribution is 2.28. The third-order valence-electron chi connectivity index (χ3n) is 3.71. The van der Waals surface area contributed by atoms with Crippen LogP contribution in [0.4, 0.5) is 0 Å². The predicted molar refractivity (Wildman–Crippen MR) is 87.8 cm³/mol. The number of rotatable bonds is 4. The molecule has 2 nitrogen and oxygen atoms in total. The molecule has 20 heavy (non-hydrogen) atoms. The zero-order valence-electron chi connectivity index (χ0n) is 11.2. The molecule has 0 bridgehead atoms. The summed E-state index contributed by atoms with van der Waals surface area (Å²) in [7, 11) is 0. The highest BCUT2D eigenvalue weighted by Gasteiger charge is 2.19. The van der Waals surface area contributed by atoms with Crippen LogP contribution >= 0.6 is 39.1 Å². The molecule has 0 saturated heterocycles. The van der Waals surface area contributed by atoms with Gasteiger partial charge < -0.3 is 5.32 Å². The molecule has 1 fully saturated rings. The van der Waals surface area contributed by atoms with Crippen LogP contribution in [0.15, 0.2) is 18.2 Å². The zero-order valence-corrected chi connectivity index (χ0v) is 14.3. The lowest BCUT2D eigenvalue weighted by molar-refractivity contribution is -0.120. The topological polar surface area (TPSA) is 29.1 Å². The minimum absolute atomic E-state index is 0.0457. The van der Waals surface area contributed by atoms with E-state index >= 15 is 0 Å². The van der Waals surface area contributed by atoms with Gasteiger partial charge in [-0.25, -0.2) is 0 Å². The van der Waals surface area contributed by atoms with E-state index in [1.54, 1.807) is 12.1 Å². The molecule has 2 rings (SSSR count). The third kappa shape index (κ3) is 4.94. The van der Waals surface area contributed by atoms with Crippen molar-refractivity contribution in [2.45, 2.75) is 36.9 Å². The van der Waals surface area contributed by atoms with Gasteiger partial charge in [0.15, 0.2) is 0 Å². The number of halogens is 3. The molecule has 1 aliphatic rings. The van der Waals surface area contributed by atoms with Crippen LogP contribution in [0.3, 0.4) is 0 Å². The number of alkyl halides is 1. The molecular weight excluding hydrogens is 361 g/mol. The summed E-state index contributed by atoms with van der Waals surface area (Å²) in [5, 5.41) is 4.03. The molecule has 0 atom stereocenters.